The third kappa shape index (κ3) is 4.78. The highest BCUT2D eigenvalue weighted by atomic mass is 35.5. The van der Waals surface area contributed by atoms with E-state index < -0.39 is 16.6 Å². The van der Waals surface area contributed by atoms with Gasteiger partial charge in [-0.1, -0.05) is 35.0 Å². The molecular formula is C17H16ClN7O5. The van der Waals surface area contributed by atoms with Crippen LogP contribution in [0.15, 0.2) is 34.9 Å². The van der Waals surface area contributed by atoms with E-state index in [9.17, 15) is 19.7 Å². The second kappa shape index (κ2) is 9.13. The van der Waals surface area contributed by atoms with E-state index in [0.717, 1.165) is 0 Å². The maximum atomic E-state index is 12.1. The Morgan fingerprint density at radius 3 is 2.50 bits per heavy atom. The molecule has 0 saturated heterocycles. The van der Waals surface area contributed by atoms with Gasteiger partial charge in [-0.3, -0.25) is 9.59 Å². The normalized spacial score (nSPS) is 10.6. The molecule has 0 radical (unpaired) electrons. The summed E-state index contributed by atoms with van der Waals surface area (Å²) in [7, 11) is 0. The molecule has 3 rings (SSSR count). The number of halogens is 1. The molecule has 2 aromatic heterocycles. The Morgan fingerprint density at radius 2 is 1.87 bits per heavy atom. The number of nitrogens with zero attached hydrogens (tertiary/aromatic N) is 5. The van der Waals surface area contributed by atoms with Crippen molar-refractivity contribution in [2.45, 2.75) is 13.5 Å². The van der Waals surface area contributed by atoms with E-state index >= 15 is 0 Å². The van der Waals surface area contributed by atoms with Crippen LogP contribution >= 0.6 is 11.6 Å². The molecule has 156 valence electrons. The largest absolute Gasteiger partial charge is 0.408 e. The molecule has 30 heavy (non-hydrogen) atoms. The van der Waals surface area contributed by atoms with Crippen LogP contribution in [0.25, 0.3) is 0 Å². The van der Waals surface area contributed by atoms with Gasteiger partial charge in [0.25, 0.3) is 5.91 Å². The highest BCUT2D eigenvalue weighted by Gasteiger charge is 2.25. The summed E-state index contributed by atoms with van der Waals surface area (Å²) >= 11 is 5.88. The van der Waals surface area contributed by atoms with Gasteiger partial charge in [-0.25, -0.2) is 0 Å². The molecule has 13 heteroatoms. The number of hydrogen-bond acceptors (Lipinski definition) is 8. The zero-order valence-electron chi connectivity index (χ0n) is 15.7. The average Bonchev–Trinajstić information content (AvgIpc) is 3.32. The molecule has 0 atom stereocenters. The number of nitro groups is 1. The van der Waals surface area contributed by atoms with Gasteiger partial charge in [0.1, 0.15) is 6.54 Å². The number of rotatable bonds is 8. The van der Waals surface area contributed by atoms with E-state index in [1.807, 2.05) is 0 Å². The van der Waals surface area contributed by atoms with Crippen molar-refractivity contribution in [2.75, 3.05) is 13.1 Å². The van der Waals surface area contributed by atoms with Crippen molar-refractivity contribution in [1.82, 2.24) is 30.6 Å². The number of hydrogen-bond donors (Lipinski definition) is 2. The summed E-state index contributed by atoms with van der Waals surface area (Å²) in [6, 6.07) is 8.66. The molecule has 0 aliphatic carbocycles. The minimum atomic E-state index is -0.697. The predicted octanol–water partition coefficient (Wildman–Crippen LogP) is 1.34. The zero-order chi connectivity index (χ0) is 21.7. The number of nitrogens with one attached hydrogen (secondary N) is 2. The Balaban J connectivity index is 1.51. The van der Waals surface area contributed by atoms with E-state index in [1.165, 1.54) is 4.68 Å². The van der Waals surface area contributed by atoms with Crippen LogP contribution in [-0.2, 0) is 6.54 Å². The molecular weight excluding hydrogens is 418 g/mol. The standard InChI is InChI=1S/C17H16ClN7O5/c1-10-13(18)14(25(28)29)22-24(10)9-12-21-17(30-23-12)16(27)20-8-7-19-15(26)11-5-3-2-4-6-11/h2-6H,7-9H2,1H3,(H,19,26)(H,20,27). The Labute approximate surface area is 174 Å². The first-order valence-electron chi connectivity index (χ1n) is 8.68. The SMILES string of the molecule is Cc1c(Cl)c([N+](=O)[O-])nn1Cc1noc(C(=O)NCCNC(=O)c2ccccc2)n1. The lowest BCUT2D eigenvalue weighted by atomic mass is 10.2. The molecule has 0 aliphatic rings. The minimum Gasteiger partial charge on any atom is -0.358 e. The van der Waals surface area contributed by atoms with Gasteiger partial charge in [-0.15, -0.1) is 0 Å². The van der Waals surface area contributed by atoms with Gasteiger partial charge in [0, 0.05) is 18.7 Å². The minimum absolute atomic E-state index is 0.0662. The van der Waals surface area contributed by atoms with E-state index in [-0.39, 0.29) is 42.3 Å². The number of carbonyl (C=O) groups is 2. The molecule has 0 fully saturated rings. The molecule has 0 spiro atoms. The second-order valence-corrected chi connectivity index (χ2v) is 6.41. The lowest BCUT2D eigenvalue weighted by Crippen LogP contribution is -2.34. The van der Waals surface area contributed by atoms with Crippen molar-refractivity contribution in [2.24, 2.45) is 0 Å². The molecule has 2 N–H and O–H groups in total. The highest BCUT2D eigenvalue weighted by molar-refractivity contribution is 6.33. The molecule has 2 amide bonds. The van der Waals surface area contributed by atoms with Crippen LogP contribution in [0, 0.1) is 17.0 Å². The Bertz CT molecular complexity index is 1080. The number of amides is 2. The van der Waals surface area contributed by atoms with E-state index in [1.54, 1.807) is 37.3 Å². The van der Waals surface area contributed by atoms with Crippen molar-refractivity contribution in [1.29, 1.82) is 0 Å². The smallest absolute Gasteiger partial charge is 0.358 e. The maximum absolute atomic E-state index is 12.1. The Hall–Kier alpha value is -3.80. The monoisotopic (exact) mass is 433 g/mol. The molecule has 3 aromatic rings. The van der Waals surface area contributed by atoms with Crippen LogP contribution in [0.4, 0.5) is 5.82 Å². The van der Waals surface area contributed by atoms with Crippen LogP contribution < -0.4 is 10.6 Å². The summed E-state index contributed by atoms with van der Waals surface area (Å²) in [5, 5.41) is 23.5. The lowest BCUT2D eigenvalue weighted by molar-refractivity contribution is -0.389. The summed E-state index contributed by atoms with van der Waals surface area (Å²) in [5.74, 6) is -1.55. The predicted molar refractivity (Wildman–Crippen MR) is 103 cm³/mol. The van der Waals surface area contributed by atoms with Gasteiger partial charge in [0.15, 0.2) is 10.8 Å². The molecule has 0 saturated carbocycles. The molecule has 1 aromatic carbocycles. The van der Waals surface area contributed by atoms with Crippen molar-refractivity contribution < 1.29 is 19.0 Å². The summed E-state index contributed by atoms with van der Waals surface area (Å²) in [6.45, 7) is 1.84. The van der Waals surface area contributed by atoms with E-state index in [4.69, 9.17) is 16.1 Å². The second-order valence-electron chi connectivity index (χ2n) is 6.03. The summed E-state index contributed by atoms with van der Waals surface area (Å²) < 4.78 is 6.14. The van der Waals surface area contributed by atoms with Gasteiger partial charge in [-0.05, 0) is 24.0 Å². The molecule has 0 bridgehead atoms. The van der Waals surface area contributed by atoms with Crippen molar-refractivity contribution >= 4 is 29.2 Å². The van der Waals surface area contributed by atoms with E-state index in [2.05, 4.69) is 25.9 Å². The summed E-state index contributed by atoms with van der Waals surface area (Å²) in [6.07, 6.45) is 0. The number of carbonyl (C=O) groups excluding carboxylic acids is 2. The van der Waals surface area contributed by atoms with Gasteiger partial charge in [0.05, 0.1) is 10.8 Å². The third-order valence-corrected chi connectivity index (χ3v) is 4.42. The van der Waals surface area contributed by atoms with Crippen LogP contribution in [-0.4, -0.2) is 49.7 Å². The molecule has 12 nitrogen and oxygen atoms in total. The first-order chi connectivity index (χ1) is 14.4. The summed E-state index contributed by atoms with van der Waals surface area (Å²) in [5.41, 5.74) is 0.868. The van der Waals surface area contributed by atoms with Crippen molar-refractivity contribution in [3.8, 4) is 0 Å². The van der Waals surface area contributed by atoms with Gasteiger partial charge in [0.2, 0.25) is 0 Å². The highest BCUT2D eigenvalue weighted by Crippen LogP contribution is 2.26. The number of aromatic nitrogens is 4. The maximum Gasteiger partial charge on any atom is 0.408 e. The fourth-order valence-corrected chi connectivity index (χ4v) is 2.65. The zero-order valence-corrected chi connectivity index (χ0v) is 16.4. The Morgan fingerprint density at radius 1 is 1.20 bits per heavy atom. The fourth-order valence-electron chi connectivity index (χ4n) is 2.44. The van der Waals surface area contributed by atoms with E-state index in [0.29, 0.717) is 11.3 Å². The molecule has 0 aliphatic heterocycles. The van der Waals surface area contributed by atoms with Crippen LogP contribution in [0.3, 0.4) is 0 Å². The van der Waals surface area contributed by atoms with Crippen LogP contribution in [0.5, 0.6) is 0 Å². The first-order valence-corrected chi connectivity index (χ1v) is 9.06. The number of benzene rings is 1. The Kier molecular flexibility index (Phi) is 6.37. The topological polar surface area (TPSA) is 158 Å². The third-order valence-electron chi connectivity index (χ3n) is 3.98. The van der Waals surface area contributed by atoms with Gasteiger partial charge < -0.3 is 25.3 Å². The fraction of sp³-hybridized carbons (Fsp3) is 0.235. The molecule has 0 unspecified atom stereocenters. The van der Waals surface area contributed by atoms with Gasteiger partial charge in [-0.2, -0.15) is 9.67 Å². The quantitative estimate of drug-likeness (QED) is 0.306. The van der Waals surface area contributed by atoms with Crippen molar-refractivity contribution in [3.05, 3.63) is 68.4 Å². The first kappa shape index (κ1) is 20.9. The lowest BCUT2D eigenvalue weighted by Gasteiger charge is -2.05. The average molecular weight is 434 g/mol. The van der Waals surface area contributed by atoms with Crippen LogP contribution in [0.2, 0.25) is 5.02 Å². The summed E-state index contributed by atoms with van der Waals surface area (Å²) in [4.78, 5) is 38.1. The van der Waals surface area contributed by atoms with Gasteiger partial charge >= 0.3 is 17.6 Å². The van der Waals surface area contributed by atoms with Crippen molar-refractivity contribution in [3.63, 3.8) is 0 Å². The van der Waals surface area contributed by atoms with Crippen LogP contribution in [0.1, 0.15) is 32.6 Å². The molecule has 2 heterocycles.